The quantitative estimate of drug-likeness (QED) is 0.557. The van der Waals surface area contributed by atoms with Gasteiger partial charge in [-0.05, 0) is 24.3 Å². The van der Waals surface area contributed by atoms with Gasteiger partial charge in [0.15, 0.2) is 5.82 Å². The van der Waals surface area contributed by atoms with Crippen LogP contribution in [0.3, 0.4) is 0 Å². The van der Waals surface area contributed by atoms with Gasteiger partial charge in [-0.25, -0.2) is 9.67 Å². The molecule has 0 bridgehead atoms. The van der Waals surface area contributed by atoms with Gasteiger partial charge in [-0.15, -0.1) is 0 Å². The lowest BCUT2D eigenvalue weighted by atomic mass is 10.1. The third-order valence-corrected chi connectivity index (χ3v) is 4.09. The van der Waals surface area contributed by atoms with E-state index in [2.05, 4.69) is 41.5 Å². The molecule has 0 aliphatic heterocycles. The van der Waals surface area contributed by atoms with Crippen LogP contribution in [0.25, 0.3) is 16.9 Å². The maximum absolute atomic E-state index is 4.43. The van der Waals surface area contributed by atoms with Crippen molar-refractivity contribution in [1.82, 2.24) is 25.0 Å². The van der Waals surface area contributed by atoms with Crippen LogP contribution in [-0.2, 0) is 0 Å². The molecule has 7 heteroatoms. The number of H-pyrrole nitrogens is 1. The SMILES string of the molecule is Brc1ccc(-c2[nH]nc(Nc3ccccc3)c2-n2cncn2)cc1. The Morgan fingerprint density at radius 3 is 2.50 bits per heavy atom. The number of benzene rings is 2. The molecule has 4 rings (SSSR count). The van der Waals surface area contributed by atoms with E-state index in [1.807, 2.05) is 54.6 Å². The minimum absolute atomic E-state index is 0.685. The molecule has 0 fully saturated rings. The fourth-order valence-electron chi connectivity index (χ4n) is 2.45. The van der Waals surface area contributed by atoms with Crippen LogP contribution in [-0.4, -0.2) is 25.0 Å². The molecule has 2 N–H and O–H groups in total. The van der Waals surface area contributed by atoms with Gasteiger partial charge in [0.1, 0.15) is 18.3 Å². The molecule has 2 heterocycles. The van der Waals surface area contributed by atoms with Crippen LogP contribution in [0.1, 0.15) is 0 Å². The summed E-state index contributed by atoms with van der Waals surface area (Å²) in [4.78, 5) is 4.05. The van der Waals surface area contributed by atoms with Crippen LogP contribution in [0.2, 0.25) is 0 Å². The first-order chi connectivity index (χ1) is 11.8. The molecule has 0 amide bonds. The van der Waals surface area contributed by atoms with E-state index in [0.29, 0.717) is 5.82 Å². The normalized spacial score (nSPS) is 10.7. The Balaban J connectivity index is 1.82. The monoisotopic (exact) mass is 380 g/mol. The largest absolute Gasteiger partial charge is 0.337 e. The van der Waals surface area contributed by atoms with Gasteiger partial charge in [0.25, 0.3) is 0 Å². The molecule has 2 aromatic carbocycles. The molecule has 2 aromatic heterocycles. The van der Waals surface area contributed by atoms with Gasteiger partial charge in [-0.3, -0.25) is 5.10 Å². The minimum Gasteiger partial charge on any atom is -0.337 e. The van der Waals surface area contributed by atoms with Crippen LogP contribution in [0.4, 0.5) is 11.5 Å². The Hall–Kier alpha value is -2.93. The van der Waals surface area contributed by atoms with Crippen molar-refractivity contribution in [2.75, 3.05) is 5.32 Å². The highest BCUT2D eigenvalue weighted by atomic mass is 79.9. The topological polar surface area (TPSA) is 71.4 Å². The van der Waals surface area contributed by atoms with E-state index in [1.54, 1.807) is 11.0 Å². The summed E-state index contributed by atoms with van der Waals surface area (Å²) in [6.07, 6.45) is 3.16. The summed E-state index contributed by atoms with van der Waals surface area (Å²) >= 11 is 3.46. The van der Waals surface area contributed by atoms with Gasteiger partial charge in [0.05, 0.1) is 5.69 Å². The lowest BCUT2D eigenvalue weighted by Gasteiger charge is -2.08. The number of nitrogens with zero attached hydrogens (tertiary/aromatic N) is 4. The molecule has 0 saturated carbocycles. The molecule has 0 aliphatic carbocycles. The second kappa shape index (κ2) is 6.29. The third-order valence-electron chi connectivity index (χ3n) is 3.56. The highest BCUT2D eigenvalue weighted by Crippen LogP contribution is 2.32. The Bertz CT molecular complexity index is 929. The van der Waals surface area contributed by atoms with E-state index in [0.717, 1.165) is 27.1 Å². The summed E-state index contributed by atoms with van der Waals surface area (Å²) in [7, 11) is 0. The summed E-state index contributed by atoms with van der Waals surface area (Å²) in [6, 6.07) is 17.9. The van der Waals surface area contributed by atoms with Crippen molar-refractivity contribution in [3.63, 3.8) is 0 Å². The lowest BCUT2D eigenvalue weighted by Crippen LogP contribution is -2.00. The number of hydrogen-bond acceptors (Lipinski definition) is 4. The molecule has 0 atom stereocenters. The molecular weight excluding hydrogens is 368 g/mol. The number of rotatable bonds is 4. The second-order valence-electron chi connectivity index (χ2n) is 5.13. The summed E-state index contributed by atoms with van der Waals surface area (Å²) in [5, 5.41) is 15.1. The van der Waals surface area contributed by atoms with Crippen LogP contribution in [0, 0.1) is 0 Å². The zero-order chi connectivity index (χ0) is 16.4. The van der Waals surface area contributed by atoms with Gasteiger partial charge in [-0.1, -0.05) is 46.3 Å². The Labute approximate surface area is 146 Å². The molecule has 0 spiro atoms. The zero-order valence-corrected chi connectivity index (χ0v) is 14.1. The van der Waals surface area contributed by atoms with Crippen LogP contribution in [0.5, 0.6) is 0 Å². The summed E-state index contributed by atoms with van der Waals surface area (Å²) < 4.78 is 2.72. The van der Waals surface area contributed by atoms with Gasteiger partial charge < -0.3 is 5.32 Å². The molecule has 0 unspecified atom stereocenters. The van der Waals surface area contributed by atoms with E-state index < -0.39 is 0 Å². The molecule has 24 heavy (non-hydrogen) atoms. The predicted octanol–water partition coefficient (Wildman–Crippen LogP) is 4.16. The number of halogens is 1. The van der Waals surface area contributed by atoms with E-state index in [9.17, 15) is 0 Å². The number of para-hydroxylation sites is 1. The highest BCUT2D eigenvalue weighted by molar-refractivity contribution is 9.10. The summed E-state index contributed by atoms with van der Waals surface area (Å²) in [5.41, 5.74) is 3.65. The van der Waals surface area contributed by atoms with Crippen molar-refractivity contribution in [3.05, 3.63) is 71.7 Å². The van der Waals surface area contributed by atoms with Gasteiger partial charge in [0.2, 0.25) is 0 Å². The average molecular weight is 381 g/mol. The van der Waals surface area contributed by atoms with Gasteiger partial charge >= 0.3 is 0 Å². The maximum atomic E-state index is 4.43. The number of hydrogen-bond donors (Lipinski definition) is 2. The average Bonchev–Trinajstić information content (AvgIpc) is 3.26. The fraction of sp³-hybridized carbons (Fsp3) is 0. The van der Waals surface area contributed by atoms with Crippen molar-refractivity contribution in [3.8, 4) is 16.9 Å². The van der Waals surface area contributed by atoms with Gasteiger partial charge in [-0.2, -0.15) is 10.2 Å². The van der Waals surface area contributed by atoms with Crippen molar-refractivity contribution >= 4 is 27.4 Å². The van der Waals surface area contributed by atoms with Crippen molar-refractivity contribution in [2.45, 2.75) is 0 Å². The fourth-order valence-corrected chi connectivity index (χ4v) is 2.71. The first-order valence-electron chi connectivity index (χ1n) is 7.32. The molecule has 118 valence electrons. The summed E-state index contributed by atoms with van der Waals surface area (Å²) in [5.74, 6) is 0.685. The Kier molecular flexibility index (Phi) is 3.84. The zero-order valence-electron chi connectivity index (χ0n) is 12.5. The van der Waals surface area contributed by atoms with E-state index in [1.165, 1.54) is 6.33 Å². The first-order valence-corrected chi connectivity index (χ1v) is 8.12. The first kappa shape index (κ1) is 14.6. The Morgan fingerprint density at radius 2 is 1.79 bits per heavy atom. The number of nitrogens with one attached hydrogen (secondary N) is 2. The lowest BCUT2D eigenvalue weighted by molar-refractivity contribution is 0.883. The van der Waals surface area contributed by atoms with E-state index >= 15 is 0 Å². The molecule has 0 saturated heterocycles. The molecule has 4 aromatic rings. The van der Waals surface area contributed by atoms with Gasteiger partial charge in [0, 0.05) is 15.7 Å². The number of anilines is 2. The standard InChI is InChI=1S/C17H13BrN6/c18-13-8-6-12(7-9-13)15-16(24-11-19-10-20-24)17(23-22-15)21-14-4-2-1-3-5-14/h1-11H,(H2,21,22,23). The van der Waals surface area contributed by atoms with E-state index in [4.69, 9.17) is 0 Å². The smallest absolute Gasteiger partial charge is 0.178 e. The molecule has 0 aliphatic rings. The maximum Gasteiger partial charge on any atom is 0.178 e. The predicted molar refractivity (Wildman–Crippen MR) is 96.4 cm³/mol. The minimum atomic E-state index is 0.685. The Morgan fingerprint density at radius 1 is 1.00 bits per heavy atom. The van der Waals surface area contributed by atoms with Crippen LogP contribution < -0.4 is 5.32 Å². The molecular formula is C17H13BrN6. The second-order valence-corrected chi connectivity index (χ2v) is 6.05. The molecule has 0 radical (unpaired) electrons. The van der Waals surface area contributed by atoms with Crippen molar-refractivity contribution in [2.24, 2.45) is 0 Å². The third kappa shape index (κ3) is 2.81. The van der Waals surface area contributed by atoms with Crippen LogP contribution in [0.15, 0.2) is 71.7 Å². The van der Waals surface area contributed by atoms with Crippen LogP contribution >= 0.6 is 15.9 Å². The van der Waals surface area contributed by atoms with Crippen molar-refractivity contribution in [1.29, 1.82) is 0 Å². The van der Waals surface area contributed by atoms with Crippen molar-refractivity contribution < 1.29 is 0 Å². The number of aromatic nitrogens is 5. The summed E-state index contributed by atoms with van der Waals surface area (Å²) in [6.45, 7) is 0. The van der Waals surface area contributed by atoms with E-state index in [-0.39, 0.29) is 0 Å². The molecule has 6 nitrogen and oxygen atoms in total. The highest BCUT2D eigenvalue weighted by Gasteiger charge is 2.17. The number of aromatic amines is 1.